The van der Waals surface area contributed by atoms with Gasteiger partial charge in [-0.2, -0.15) is 0 Å². The number of carbonyl (C=O) groups is 1. The van der Waals surface area contributed by atoms with E-state index in [-0.39, 0.29) is 29.8 Å². The molecule has 2 fully saturated rings. The molecule has 1 amide bonds. The molecule has 0 bridgehead atoms. The van der Waals surface area contributed by atoms with Gasteiger partial charge in [0.25, 0.3) is 5.91 Å². The number of rotatable bonds is 7. The largest absolute Gasteiger partial charge is 0.489 e. The van der Waals surface area contributed by atoms with Crippen molar-refractivity contribution in [3.05, 3.63) is 59.3 Å². The van der Waals surface area contributed by atoms with Gasteiger partial charge in [0.05, 0.1) is 29.2 Å². The summed E-state index contributed by atoms with van der Waals surface area (Å²) < 4.78 is 26.0. The zero-order valence-corrected chi connectivity index (χ0v) is 18.3. The lowest BCUT2D eigenvalue weighted by Crippen LogP contribution is -2.32. The lowest BCUT2D eigenvalue weighted by atomic mass is 10.0. The van der Waals surface area contributed by atoms with Crippen molar-refractivity contribution < 1.29 is 18.7 Å². The Kier molecular flexibility index (Phi) is 4.83. The van der Waals surface area contributed by atoms with Crippen LogP contribution < -0.4 is 15.4 Å². The number of aromatic nitrogens is 2. The second-order valence-electron chi connectivity index (χ2n) is 8.79. The van der Waals surface area contributed by atoms with Gasteiger partial charge in [-0.1, -0.05) is 13.0 Å². The molecule has 1 unspecified atom stereocenters. The van der Waals surface area contributed by atoms with Gasteiger partial charge in [0.15, 0.2) is 0 Å². The number of aromatic amines is 1. The lowest BCUT2D eigenvalue weighted by Gasteiger charge is -2.26. The topological polar surface area (TPSA) is 88.3 Å². The minimum absolute atomic E-state index is 0.0879. The number of fused-ring (bicyclic) bond motifs is 3. The Bertz CT molecular complexity index is 1240. The van der Waals surface area contributed by atoms with Crippen LogP contribution in [0.2, 0.25) is 0 Å². The third-order valence-electron chi connectivity index (χ3n) is 6.74. The first-order valence-corrected chi connectivity index (χ1v) is 11.4. The maximum Gasteiger partial charge on any atom is 0.255 e. The van der Waals surface area contributed by atoms with E-state index < -0.39 is 0 Å². The van der Waals surface area contributed by atoms with E-state index in [2.05, 4.69) is 20.6 Å². The van der Waals surface area contributed by atoms with Crippen LogP contribution in [0, 0.1) is 5.82 Å². The molecule has 3 aliphatic rings. The average Bonchev–Trinajstić information content (AvgIpc) is 3.45. The first-order chi connectivity index (χ1) is 16.1. The number of carbonyl (C=O) groups excluding carboxylic acids is 1. The number of benzene rings is 1. The van der Waals surface area contributed by atoms with Crippen molar-refractivity contribution in [3.63, 3.8) is 0 Å². The molecule has 1 saturated heterocycles. The summed E-state index contributed by atoms with van der Waals surface area (Å²) in [5, 5.41) is 6.47. The fourth-order valence-electron chi connectivity index (χ4n) is 4.74. The van der Waals surface area contributed by atoms with Crippen LogP contribution in [0.25, 0.3) is 11.3 Å². The van der Waals surface area contributed by atoms with Crippen LogP contribution in [0.5, 0.6) is 5.75 Å². The maximum atomic E-state index is 14.5. The SMILES string of the molecule is CCc1c(F)cccc1Nc1c(-c2ccncc2OC[C@@H]2CCO2)[nH]c2c1C(=O)NC1C[C@H]21. The average molecular weight is 448 g/mol. The Balaban J connectivity index is 1.46. The molecule has 3 N–H and O–H groups in total. The first kappa shape index (κ1) is 20.2. The molecule has 7 nitrogen and oxygen atoms in total. The third-order valence-corrected chi connectivity index (χ3v) is 6.74. The van der Waals surface area contributed by atoms with E-state index in [4.69, 9.17) is 9.47 Å². The smallest absolute Gasteiger partial charge is 0.255 e. The van der Waals surface area contributed by atoms with Crippen molar-refractivity contribution in [2.75, 3.05) is 18.5 Å². The fraction of sp³-hybridized carbons (Fsp3) is 0.360. The predicted octanol–water partition coefficient (Wildman–Crippen LogP) is 4.29. The molecule has 2 aliphatic heterocycles. The van der Waals surface area contributed by atoms with Crippen LogP contribution in [0.1, 0.15) is 47.3 Å². The Morgan fingerprint density at radius 2 is 2.21 bits per heavy atom. The number of pyridine rings is 1. The Hall–Kier alpha value is -3.39. The molecule has 0 spiro atoms. The Morgan fingerprint density at radius 3 is 3.00 bits per heavy atom. The normalized spacial score (nSPS) is 22.6. The van der Waals surface area contributed by atoms with E-state index in [0.29, 0.717) is 41.3 Å². The van der Waals surface area contributed by atoms with Crippen molar-refractivity contribution in [3.8, 4) is 17.0 Å². The minimum atomic E-state index is -0.270. The highest BCUT2D eigenvalue weighted by Crippen LogP contribution is 2.50. The van der Waals surface area contributed by atoms with Crippen molar-refractivity contribution >= 4 is 17.3 Å². The van der Waals surface area contributed by atoms with Crippen LogP contribution in [-0.2, 0) is 11.2 Å². The van der Waals surface area contributed by atoms with Gasteiger partial charge in [0, 0.05) is 53.7 Å². The van der Waals surface area contributed by atoms with Gasteiger partial charge < -0.3 is 25.1 Å². The number of ether oxygens (including phenoxy) is 2. The number of nitrogens with zero attached hydrogens (tertiary/aromatic N) is 1. The van der Waals surface area contributed by atoms with Gasteiger partial charge in [-0.25, -0.2) is 4.39 Å². The molecule has 2 aromatic heterocycles. The quantitative estimate of drug-likeness (QED) is 0.502. The monoisotopic (exact) mass is 448 g/mol. The number of halogens is 1. The van der Waals surface area contributed by atoms with Crippen LogP contribution >= 0.6 is 0 Å². The highest BCUT2D eigenvalue weighted by Gasteiger charge is 2.48. The van der Waals surface area contributed by atoms with E-state index in [1.807, 2.05) is 19.1 Å². The summed E-state index contributed by atoms with van der Waals surface area (Å²) in [6, 6.07) is 7.01. The van der Waals surface area contributed by atoms with Gasteiger partial charge in [-0.3, -0.25) is 9.78 Å². The predicted molar refractivity (Wildman–Crippen MR) is 122 cm³/mol. The molecule has 8 heteroatoms. The molecular formula is C25H25FN4O3. The maximum absolute atomic E-state index is 14.5. The fourth-order valence-corrected chi connectivity index (χ4v) is 4.74. The zero-order valence-electron chi connectivity index (χ0n) is 18.3. The summed E-state index contributed by atoms with van der Waals surface area (Å²) >= 11 is 0. The number of hydrogen-bond acceptors (Lipinski definition) is 5. The Morgan fingerprint density at radius 1 is 1.33 bits per heavy atom. The van der Waals surface area contributed by atoms with Gasteiger partial charge in [0.1, 0.15) is 18.2 Å². The van der Waals surface area contributed by atoms with Gasteiger partial charge in [0.2, 0.25) is 0 Å². The molecular weight excluding hydrogens is 423 g/mol. The van der Waals surface area contributed by atoms with E-state index >= 15 is 0 Å². The van der Waals surface area contributed by atoms with E-state index in [9.17, 15) is 9.18 Å². The number of nitrogens with one attached hydrogen (secondary N) is 3. The van der Waals surface area contributed by atoms with Gasteiger partial charge in [-0.05, 0) is 31.0 Å². The van der Waals surface area contributed by atoms with Crippen molar-refractivity contribution in [1.82, 2.24) is 15.3 Å². The number of H-pyrrole nitrogens is 1. The second-order valence-corrected chi connectivity index (χ2v) is 8.79. The number of hydrogen-bond donors (Lipinski definition) is 3. The van der Waals surface area contributed by atoms with Crippen molar-refractivity contribution in [2.45, 2.75) is 44.2 Å². The summed E-state index contributed by atoms with van der Waals surface area (Å²) in [5.74, 6) is 0.480. The number of anilines is 2. The molecule has 6 rings (SSSR count). The van der Waals surface area contributed by atoms with Crippen LogP contribution in [0.3, 0.4) is 0 Å². The van der Waals surface area contributed by atoms with E-state index in [1.165, 1.54) is 6.07 Å². The molecule has 170 valence electrons. The van der Waals surface area contributed by atoms with Crippen LogP contribution in [0.15, 0.2) is 36.7 Å². The van der Waals surface area contributed by atoms with E-state index in [1.54, 1.807) is 18.5 Å². The van der Waals surface area contributed by atoms with E-state index in [0.717, 1.165) is 36.4 Å². The zero-order chi connectivity index (χ0) is 22.5. The van der Waals surface area contributed by atoms with Crippen LogP contribution in [-0.4, -0.2) is 41.2 Å². The summed E-state index contributed by atoms with van der Waals surface area (Å²) in [4.78, 5) is 20.8. The third kappa shape index (κ3) is 3.45. The summed E-state index contributed by atoms with van der Waals surface area (Å²) in [6.07, 6.45) is 5.88. The molecule has 4 heterocycles. The summed E-state index contributed by atoms with van der Waals surface area (Å²) in [7, 11) is 0. The molecule has 3 aromatic rings. The Labute approximate surface area is 190 Å². The minimum Gasteiger partial charge on any atom is -0.489 e. The van der Waals surface area contributed by atoms with Crippen molar-refractivity contribution in [2.24, 2.45) is 0 Å². The second kappa shape index (κ2) is 7.88. The highest BCUT2D eigenvalue weighted by atomic mass is 19.1. The molecule has 1 aromatic carbocycles. The number of amides is 1. The van der Waals surface area contributed by atoms with Gasteiger partial charge in [-0.15, -0.1) is 0 Å². The molecule has 3 atom stereocenters. The summed E-state index contributed by atoms with van der Waals surface area (Å²) in [5.41, 5.74) is 4.88. The molecule has 33 heavy (non-hydrogen) atoms. The summed E-state index contributed by atoms with van der Waals surface area (Å²) in [6.45, 7) is 3.11. The highest BCUT2D eigenvalue weighted by molar-refractivity contribution is 6.07. The lowest BCUT2D eigenvalue weighted by molar-refractivity contribution is -0.0720. The van der Waals surface area contributed by atoms with Crippen LogP contribution in [0.4, 0.5) is 15.8 Å². The standard InChI is InChI=1S/C25H25FN4O3/c1-2-14-17(26)4-3-5-18(14)28-24-21-22(16-10-19(16)29-25(21)31)30-23(24)15-6-8-27-11-20(15)33-12-13-7-9-32-13/h3-6,8,11,13,16,19,28,30H,2,7,9-10,12H2,1H3,(H,29,31)/t13-,16-,19?/m0/s1. The van der Waals surface area contributed by atoms with Crippen molar-refractivity contribution in [1.29, 1.82) is 0 Å². The molecule has 0 radical (unpaired) electrons. The van der Waals surface area contributed by atoms with Gasteiger partial charge >= 0.3 is 0 Å². The molecule has 1 aliphatic carbocycles. The molecule has 1 saturated carbocycles. The first-order valence-electron chi connectivity index (χ1n) is 11.4.